The topological polar surface area (TPSA) is 40.5 Å². The van der Waals surface area contributed by atoms with E-state index in [1.165, 1.54) is 0 Å². The van der Waals surface area contributed by atoms with Crippen LogP contribution < -0.4 is 0 Å². The van der Waals surface area contributed by atoms with Crippen LogP contribution in [0.2, 0.25) is 0 Å². The third-order valence-electron chi connectivity index (χ3n) is 2.04. The first-order valence-electron chi connectivity index (χ1n) is 4.61. The Hall–Kier alpha value is -0.860. The molecule has 0 fully saturated rings. The van der Waals surface area contributed by atoms with Gasteiger partial charge in [0.15, 0.2) is 0 Å². The average molecular weight is 180 g/mol. The molecule has 0 heterocycles. The molecule has 2 unspecified atom stereocenters. The van der Waals surface area contributed by atoms with E-state index in [9.17, 15) is 5.11 Å². The Labute approximate surface area is 78.8 Å². The highest BCUT2D eigenvalue weighted by molar-refractivity contribution is 5.16. The van der Waals surface area contributed by atoms with Crippen LogP contribution in [-0.4, -0.2) is 16.3 Å². The predicted molar refractivity (Wildman–Crippen MR) is 52.3 cm³/mol. The smallest absolute Gasteiger partial charge is 0.0791 e. The molecule has 1 rings (SSSR count). The van der Waals surface area contributed by atoms with Crippen LogP contribution in [0.5, 0.6) is 0 Å². The molecule has 2 nitrogen and oxygen atoms in total. The lowest BCUT2D eigenvalue weighted by molar-refractivity contribution is 0.123. The molecule has 0 radical (unpaired) electrons. The third-order valence-corrected chi connectivity index (χ3v) is 2.04. The molecule has 72 valence electrons. The van der Waals surface area contributed by atoms with Crippen molar-refractivity contribution >= 4 is 0 Å². The van der Waals surface area contributed by atoms with Crippen molar-refractivity contribution < 1.29 is 10.2 Å². The number of aliphatic hydroxyl groups excluding tert-OH is 2. The summed E-state index contributed by atoms with van der Waals surface area (Å²) in [5.41, 5.74) is 0.920. The zero-order valence-electron chi connectivity index (χ0n) is 7.85. The summed E-state index contributed by atoms with van der Waals surface area (Å²) in [5, 5.41) is 18.7. The van der Waals surface area contributed by atoms with Crippen LogP contribution in [0.3, 0.4) is 0 Å². The molecule has 0 aliphatic rings. The van der Waals surface area contributed by atoms with Crippen LogP contribution in [-0.2, 0) is 0 Å². The van der Waals surface area contributed by atoms with Gasteiger partial charge in [0.1, 0.15) is 0 Å². The van der Waals surface area contributed by atoms with E-state index in [-0.39, 0.29) is 6.10 Å². The molecular formula is C11H16O2. The van der Waals surface area contributed by atoms with Crippen molar-refractivity contribution in [1.29, 1.82) is 0 Å². The molecule has 13 heavy (non-hydrogen) atoms. The zero-order valence-corrected chi connectivity index (χ0v) is 7.85. The molecule has 2 atom stereocenters. The second kappa shape index (κ2) is 5.00. The predicted octanol–water partition coefficient (Wildman–Crippen LogP) is 1.88. The van der Waals surface area contributed by atoms with Gasteiger partial charge in [0.2, 0.25) is 0 Å². The summed E-state index contributed by atoms with van der Waals surface area (Å²) in [6, 6.07) is 9.52. The van der Waals surface area contributed by atoms with Crippen LogP contribution >= 0.6 is 0 Å². The maximum Gasteiger partial charge on any atom is 0.0791 e. The van der Waals surface area contributed by atoms with E-state index in [2.05, 4.69) is 0 Å². The van der Waals surface area contributed by atoms with Gasteiger partial charge in [-0.15, -0.1) is 0 Å². The quantitative estimate of drug-likeness (QED) is 0.742. The Balaban J connectivity index is 2.44. The van der Waals surface area contributed by atoms with Crippen molar-refractivity contribution in [3.8, 4) is 0 Å². The summed E-state index contributed by atoms with van der Waals surface area (Å²) in [7, 11) is 0. The molecular weight excluding hydrogens is 164 g/mol. The van der Waals surface area contributed by atoms with Gasteiger partial charge in [0.05, 0.1) is 12.2 Å². The van der Waals surface area contributed by atoms with E-state index in [1.54, 1.807) is 6.92 Å². The van der Waals surface area contributed by atoms with E-state index in [1.807, 2.05) is 30.3 Å². The Morgan fingerprint density at radius 2 is 1.69 bits per heavy atom. The number of hydrogen-bond acceptors (Lipinski definition) is 2. The third kappa shape index (κ3) is 3.57. The minimum atomic E-state index is -0.448. The van der Waals surface area contributed by atoms with E-state index in [0.717, 1.165) is 5.56 Å². The molecule has 0 aromatic heterocycles. The first kappa shape index (κ1) is 10.2. The zero-order chi connectivity index (χ0) is 9.68. The highest BCUT2D eigenvalue weighted by Crippen LogP contribution is 2.18. The molecule has 1 aromatic rings. The fourth-order valence-electron chi connectivity index (χ4n) is 1.24. The largest absolute Gasteiger partial charge is 0.393 e. The second-order valence-corrected chi connectivity index (χ2v) is 3.35. The summed E-state index contributed by atoms with van der Waals surface area (Å²) < 4.78 is 0. The SMILES string of the molecule is CC(O)CCC(O)c1ccccc1. The van der Waals surface area contributed by atoms with E-state index in [0.29, 0.717) is 12.8 Å². The Morgan fingerprint density at radius 1 is 1.08 bits per heavy atom. The first-order valence-corrected chi connectivity index (χ1v) is 4.61. The van der Waals surface area contributed by atoms with Crippen LogP contribution in [0.25, 0.3) is 0 Å². The monoisotopic (exact) mass is 180 g/mol. The molecule has 0 aliphatic carbocycles. The normalized spacial score (nSPS) is 15.3. The lowest BCUT2D eigenvalue weighted by Crippen LogP contribution is -2.04. The van der Waals surface area contributed by atoms with Gasteiger partial charge in [-0.25, -0.2) is 0 Å². The van der Waals surface area contributed by atoms with Gasteiger partial charge in [0.25, 0.3) is 0 Å². The number of aliphatic hydroxyl groups is 2. The van der Waals surface area contributed by atoms with Crippen LogP contribution in [0.1, 0.15) is 31.4 Å². The molecule has 2 N–H and O–H groups in total. The molecule has 0 amide bonds. The first-order chi connectivity index (χ1) is 6.20. The maximum atomic E-state index is 9.66. The minimum absolute atomic E-state index is 0.335. The van der Waals surface area contributed by atoms with Crippen molar-refractivity contribution in [2.75, 3.05) is 0 Å². The molecule has 0 saturated heterocycles. The molecule has 0 saturated carbocycles. The van der Waals surface area contributed by atoms with Crippen molar-refractivity contribution in [1.82, 2.24) is 0 Å². The number of rotatable bonds is 4. The summed E-state index contributed by atoms with van der Waals surface area (Å²) in [5.74, 6) is 0. The summed E-state index contributed by atoms with van der Waals surface area (Å²) in [4.78, 5) is 0. The van der Waals surface area contributed by atoms with E-state index >= 15 is 0 Å². The van der Waals surface area contributed by atoms with Gasteiger partial charge in [-0.05, 0) is 25.3 Å². The Bertz CT molecular complexity index is 231. The molecule has 0 bridgehead atoms. The average Bonchev–Trinajstić information content (AvgIpc) is 2.15. The Morgan fingerprint density at radius 3 is 2.23 bits per heavy atom. The van der Waals surface area contributed by atoms with Crippen LogP contribution in [0.4, 0.5) is 0 Å². The molecule has 1 aromatic carbocycles. The van der Waals surface area contributed by atoms with Gasteiger partial charge in [-0.3, -0.25) is 0 Å². The van der Waals surface area contributed by atoms with Crippen molar-refractivity contribution in [3.63, 3.8) is 0 Å². The lowest BCUT2D eigenvalue weighted by atomic mass is 10.0. The number of hydrogen-bond donors (Lipinski definition) is 2. The van der Waals surface area contributed by atoms with E-state index in [4.69, 9.17) is 5.11 Å². The van der Waals surface area contributed by atoms with Gasteiger partial charge >= 0.3 is 0 Å². The minimum Gasteiger partial charge on any atom is -0.393 e. The maximum absolute atomic E-state index is 9.66. The van der Waals surface area contributed by atoms with Gasteiger partial charge in [-0.1, -0.05) is 30.3 Å². The van der Waals surface area contributed by atoms with E-state index < -0.39 is 6.10 Å². The second-order valence-electron chi connectivity index (χ2n) is 3.35. The molecule has 0 aliphatic heterocycles. The van der Waals surface area contributed by atoms with Gasteiger partial charge < -0.3 is 10.2 Å². The van der Waals surface area contributed by atoms with Gasteiger partial charge in [-0.2, -0.15) is 0 Å². The number of benzene rings is 1. The standard InChI is InChI=1S/C11H16O2/c1-9(12)7-8-11(13)10-5-3-2-4-6-10/h2-6,9,11-13H,7-8H2,1H3. The van der Waals surface area contributed by atoms with Crippen molar-refractivity contribution in [2.45, 2.75) is 32.0 Å². The summed E-state index contributed by atoms with van der Waals surface area (Å²) in [6.45, 7) is 1.73. The summed E-state index contributed by atoms with van der Waals surface area (Å²) in [6.07, 6.45) is 0.465. The lowest BCUT2D eigenvalue weighted by Gasteiger charge is -2.11. The fraction of sp³-hybridized carbons (Fsp3) is 0.455. The Kier molecular flexibility index (Phi) is 3.93. The van der Waals surface area contributed by atoms with Crippen LogP contribution in [0.15, 0.2) is 30.3 Å². The van der Waals surface area contributed by atoms with Gasteiger partial charge in [0, 0.05) is 0 Å². The molecule has 2 heteroatoms. The van der Waals surface area contributed by atoms with Crippen LogP contribution in [0, 0.1) is 0 Å². The fourth-order valence-corrected chi connectivity index (χ4v) is 1.24. The summed E-state index contributed by atoms with van der Waals surface area (Å²) >= 11 is 0. The van der Waals surface area contributed by atoms with Crippen molar-refractivity contribution in [3.05, 3.63) is 35.9 Å². The highest BCUT2D eigenvalue weighted by Gasteiger charge is 2.07. The molecule has 0 spiro atoms. The highest BCUT2D eigenvalue weighted by atomic mass is 16.3. The van der Waals surface area contributed by atoms with Crippen molar-refractivity contribution in [2.24, 2.45) is 0 Å².